The second-order valence-corrected chi connectivity index (χ2v) is 7.08. The van der Waals surface area contributed by atoms with E-state index in [0.717, 1.165) is 12.8 Å². The first-order valence-corrected chi connectivity index (χ1v) is 7.75. The van der Waals surface area contributed by atoms with E-state index in [2.05, 4.69) is 14.9 Å². The fraction of sp³-hybridized carbons (Fsp3) is 0.667. The van der Waals surface area contributed by atoms with Crippen LogP contribution in [-0.4, -0.2) is 36.2 Å². The lowest BCUT2D eigenvalue weighted by atomic mass is 10.4. The minimum absolute atomic E-state index is 0.130. The van der Waals surface area contributed by atoms with Crippen LogP contribution in [0.5, 0.6) is 0 Å². The van der Waals surface area contributed by atoms with Gasteiger partial charge in [-0.2, -0.15) is 16.9 Å². The van der Waals surface area contributed by atoms with Gasteiger partial charge in [-0.1, -0.05) is 0 Å². The van der Waals surface area contributed by atoms with Crippen LogP contribution >= 0.6 is 11.8 Å². The lowest BCUT2D eigenvalue weighted by Crippen LogP contribution is -2.31. The van der Waals surface area contributed by atoms with Crippen LogP contribution in [0.15, 0.2) is 11.1 Å². The predicted octanol–water partition coefficient (Wildman–Crippen LogP) is 0.892. The molecular formula is C9H15N3O2S2. The van der Waals surface area contributed by atoms with Crippen LogP contribution in [0.4, 0.5) is 0 Å². The van der Waals surface area contributed by atoms with Gasteiger partial charge in [0.05, 0.1) is 11.9 Å². The van der Waals surface area contributed by atoms with Gasteiger partial charge in [0.2, 0.25) is 10.0 Å². The molecule has 0 atom stereocenters. The number of hydrogen-bond acceptors (Lipinski definition) is 4. The smallest absolute Gasteiger partial charge is 0.243 e. The van der Waals surface area contributed by atoms with Crippen molar-refractivity contribution in [2.75, 3.05) is 12.8 Å². The molecule has 90 valence electrons. The fourth-order valence-electron chi connectivity index (χ4n) is 1.51. The number of aromatic amines is 1. The SMILES string of the molecule is CSC1(CNS(=O)(=O)c2cn[nH]c2C)CC1. The maximum Gasteiger partial charge on any atom is 0.243 e. The van der Waals surface area contributed by atoms with Gasteiger partial charge in [-0.15, -0.1) is 0 Å². The van der Waals surface area contributed by atoms with Crippen molar-refractivity contribution in [2.24, 2.45) is 0 Å². The third-order valence-corrected chi connectivity index (χ3v) is 5.83. The Hall–Kier alpha value is -0.530. The maximum atomic E-state index is 11.9. The number of nitrogens with zero attached hydrogens (tertiary/aromatic N) is 1. The van der Waals surface area contributed by atoms with Gasteiger partial charge >= 0.3 is 0 Å². The van der Waals surface area contributed by atoms with Gasteiger partial charge in [0.15, 0.2) is 0 Å². The van der Waals surface area contributed by atoms with Crippen molar-refractivity contribution in [3.63, 3.8) is 0 Å². The Bertz CT molecular complexity index is 477. The zero-order valence-corrected chi connectivity index (χ0v) is 10.9. The van der Waals surface area contributed by atoms with Crippen LogP contribution in [0.1, 0.15) is 18.5 Å². The number of H-pyrrole nitrogens is 1. The van der Waals surface area contributed by atoms with Gasteiger partial charge < -0.3 is 0 Å². The number of aryl methyl sites for hydroxylation is 1. The average molecular weight is 261 g/mol. The van der Waals surface area contributed by atoms with Crippen LogP contribution in [-0.2, 0) is 10.0 Å². The highest BCUT2D eigenvalue weighted by atomic mass is 32.2. The van der Waals surface area contributed by atoms with Gasteiger partial charge in [0, 0.05) is 11.3 Å². The molecule has 0 spiro atoms. The summed E-state index contributed by atoms with van der Waals surface area (Å²) in [6.45, 7) is 2.20. The molecule has 0 saturated heterocycles. The lowest BCUT2D eigenvalue weighted by molar-refractivity contribution is 0.579. The lowest BCUT2D eigenvalue weighted by Gasteiger charge is -2.12. The van der Waals surface area contributed by atoms with E-state index in [1.807, 2.05) is 6.26 Å². The standard InChI is InChI=1S/C9H15N3O2S2/c1-7-8(5-10-12-7)16(13,14)11-6-9(15-2)3-4-9/h5,11H,3-4,6H2,1-2H3,(H,10,12). The zero-order chi connectivity index (χ0) is 11.8. The molecular weight excluding hydrogens is 246 g/mol. The molecule has 0 aliphatic heterocycles. The number of thioether (sulfide) groups is 1. The van der Waals surface area contributed by atoms with Gasteiger partial charge in [-0.05, 0) is 26.0 Å². The van der Waals surface area contributed by atoms with Crippen molar-refractivity contribution in [3.05, 3.63) is 11.9 Å². The van der Waals surface area contributed by atoms with E-state index in [0.29, 0.717) is 12.2 Å². The van der Waals surface area contributed by atoms with Crippen LogP contribution in [0, 0.1) is 6.92 Å². The molecule has 1 fully saturated rings. The highest BCUT2D eigenvalue weighted by Gasteiger charge is 2.42. The zero-order valence-electron chi connectivity index (χ0n) is 9.28. The van der Waals surface area contributed by atoms with Crippen molar-refractivity contribution < 1.29 is 8.42 Å². The summed E-state index contributed by atoms with van der Waals surface area (Å²) in [7, 11) is -3.41. The Labute approximate surface area is 99.4 Å². The van der Waals surface area contributed by atoms with Gasteiger partial charge in [0.25, 0.3) is 0 Å². The van der Waals surface area contributed by atoms with E-state index >= 15 is 0 Å². The molecule has 16 heavy (non-hydrogen) atoms. The van der Waals surface area contributed by atoms with Crippen molar-refractivity contribution >= 4 is 21.8 Å². The van der Waals surface area contributed by atoms with Crippen LogP contribution < -0.4 is 4.72 Å². The molecule has 1 aliphatic carbocycles. The number of rotatable bonds is 5. The molecule has 0 aromatic carbocycles. The van der Waals surface area contributed by atoms with E-state index in [4.69, 9.17) is 0 Å². The average Bonchev–Trinajstić information content (AvgIpc) is 2.91. The van der Waals surface area contributed by atoms with Crippen molar-refractivity contribution in [1.82, 2.24) is 14.9 Å². The van der Waals surface area contributed by atoms with E-state index in [9.17, 15) is 8.42 Å². The van der Waals surface area contributed by atoms with Crippen LogP contribution in [0.2, 0.25) is 0 Å². The summed E-state index contributed by atoms with van der Waals surface area (Å²) in [4.78, 5) is 0.240. The third-order valence-electron chi connectivity index (χ3n) is 2.90. The number of nitrogens with one attached hydrogen (secondary N) is 2. The van der Waals surface area contributed by atoms with Crippen molar-refractivity contribution in [2.45, 2.75) is 29.4 Å². The molecule has 0 unspecified atom stereocenters. The Balaban J connectivity index is 2.07. The number of sulfonamides is 1. The highest BCUT2D eigenvalue weighted by molar-refractivity contribution is 8.00. The van der Waals surface area contributed by atoms with Gasteiger partial charge in [0.1, 0.15) is 4.90 Å². The summed E-state index contributed by atoms with van der Waals surface area (Å²) in [5, 5.41) is 6.35. The second-order valence-electron chi connectivity index (χ2n) is 4.07. The Kier molecular flexibility index (Phi) is 3.02. The first kappa shape index (κ1) is 11.9. The molecule has 1 aromatic heterocycles. The normalized spacial score (nSPS) is 18.6. The molecule has 0 amide bonds. The van der Waals surface area contributed by atoms with E-state index in [1.165, 1.54) is 6.20 Å². The number of hydrogen-bond donors (Lipinski definition) is 2. The molecule has 1 heterocycles. The molecule has 1 aromatic rings. The summed E-state index contributed by atoms with van der Waals surface area (Å²) in [5.74, 6) is 0. The summed E-state index contributed by atoms with van der Waals surface area (Å²) in [6, 6.07) is 0. The van der Waals surface area contributed by atoms with E-state index in [1.54, 1.807) is 18.7 Å². The monoisotopic (exact) mass is 261 g/mol. The third kappa shape index (κ3) is 2.26. The molecule has 0 radical (unpaired) electrons. The largest absolute Gasteiger partial charge is 0.281 e. The molecule has 5 nitrogen and oxygen atoms in total. The maximum absolute atomic E-state index is 11.9. The first-order chi connectivity index (χ1) is 7.49. The fourth-order valence-corrected chi connectivity index (χ4v) is 3.59. The van der Waals surface area contributed by atoms with Gasteiger partial charge in [-0.25, -0.2) is 13.1 Å². The van der Waals surface area contributed by atoms with Gasteiger partial charge in [-0.3, -0.25) is 5.10 Å². The number of aromatic nitrogens is 2. The van der Waals surface area contributed by atoms with Crippen LogP contribution in [0.3, 0.4) is 0 Å². The first-order valence-electron chi connectivity index (χ1n) is 5.04. The topological polar surface area (TPSA) is 74.8 Å². The Morgan fingerprint density at radius 2 is 2.31 bits per heavy atom. The molecule has 1 aliphatic rings. The quantitative estimate of drug-likeness (QED) is 0.825. The Morgan fingerprint density at radius 3 is 2.75 bits per heavy atom. The summed E-state index contributed by atoms with van der Waals surface area (Å²) >= 11 is 1.73. The highest BCUT2D eigenvalue weighted by Crippen LogP contribution is 2.46. The van der Waals surface area contributed by atoms with E-state index < -0.39 is 10.0 Å². The minimum Gasteiger partial charge on any atom is -0.281 e. The van der Waals surface area contributed by atoms with Crippen LogP contribution in [0.25, 0.3) is 0 Å². The Morgan fingerprint density at radius 1 is 1.62 bits per heavy atom. The van der Waals surface area contributed by atoms with E-state index in [-0.39, 0.29) is 9.64 Å². The predicted molar refractivity (Wildman–Crippen MR) is 64.0 cm³/mol. The molecule has 0 bridgehead atoms. The molecule has 1 saturated carbocycles. The van der Waals surface area contributed by atoms with Crippen molar-refractivity contribution in [1.29, 1.82) is 0 Å². The van der Waals surface area contributed by atoms with Crippen molar-refractivity contribution in [3.8, 4) is 0 Å². The molecule has 2 N–H and O–H groups in total. The molecule has 7 heteroatoms. The summed E-state index contributed by atoms with van der Waals surface area (Å²) < 4.78 is 26.6. The second kappa shape index (κ2) is 4.05. The molecule has 2 rings (SSSR count). The minimum atomic E-state index is -3.41. The summed E-state index contributed by atoms with van der Waals surface area (Å²) in [5.41, 5.74) is 0.571. The summed E-state index contributed by atoms with van der Waals surface area (Å²) in [6.07, 6.45) is 5.53.